The molecule has 0 bridgehead atoms. The van der Waals surface area contributed by atoms with Crippen LogP contribution in [-0.2, 0) is 10.0 Å². The van der Waals surface area contributed by atoms with Gasteiger partial charge in [0.05, 0.1) is 17.1 Å². The van der Waals surface area contributed by atoms with Crippen LogP contribution < -0.4 is 16.2 Å². The molecule has 0 saturated carbocycles. The molecule has 0 aliphatic carbocycles. The van der Waals surface area contributed by atoms with Crippen molar-refractivity contribution in [2.24, 2.45) is 5.14 Å². The number of primary sulfonamides is 1. The summed E-state index contributed by atoms with van der Waals surface area (Å²) in [4.78, 5) is -0.213. The first kappa shape index (κ1) is 14.8. The van der Waals surface area contributed by atoms with Gasteiger partial charge in [0, 0.05) is 4.47 Å². The Morgan fingerprint density at radius 1 is 1.15 bits per heavy atom. The number of hydrogen-bond acceptors (Lipinski definition) is 4. The number of anilines is 3. The third-order valence-corrected chi connectivity index (χ3v) is 4.22. The number of nitrogen functional groups attached to an aromatic ring is 1. The highest BCUT2D eigenvalue weighted by atomic mass is 79.9. The van der Waals surface area contributed by atoms with Crippen molar-refractivity contribution in [1.82, 2.24) is 0 Å². The molecule has 0 aliphatic heterocycles. The molecule has 0 amide bonds. The molecule has 0 unspecified atom stereocenters. The van der Waals surface area contributed by atoms with Crippen LogP contribution in [0.2, 0.25) is 0 Å². The van der Waals surface area contributed by atoms with Gasteiger partial charge in [0.25, 0.3) is 0 Å². The Bertz CT molecular complexity index is 745. The lowest BCUT2D eigenvalue weighted by molar-refractivity contribution is 0.598. The Morgan fingerprint density at radius 2 is 1.80 bits per heavy atom. The summed E-state index contributed by atoms with van der Waals surface area (Å²) < 4.78 is 37.0. The van der Waals surface area contributed by atoms with E-state index in [2.05, 4.69) is 21.2 Å². The molecule has 5 nitrogen and oxygen atoms in total. The van der Waals surface area contributed by atoms with E-state index in [4.69, 9.17) is 10.9 Å². The second kappa shape index (κ2) is 5.39. The molecule has 106 valence electrons. The number of sulfonamides is 1. The minimum Gasteiger partial charge on any atom is -0.396 e. The Morgan fingerprint density at radius 3 is 2.40 bits per heavy atom. The van der Waals surface area contributed by atoms with Gasteiger partial charge in [-0.05, 0) is 40.2 Å². The molecule has 0 saturated heterocycles. The lowest BCUT2D eigenvalue weighted by atomic mass is 10.2. The van der Waals surface area contributed by atoms with Gasteiger partial charge in [-0.3, -0.25) is 0 Å². The standard InChI is InChI=1S/C12H11BrFN3O2S/c13-7-3-1-4-8(14)12(7)17-9-5-2-6-10(11(9)15)20(16,18)19/h1-6,17H,15H2,(H2,16,18,19). The fourth-order valence-electron chi connectivity index (χ4n) is 1.65. The van der Waals surface area contributed by atoms with Crippen LogP contribution in [0, 0.1) is 5.82 Å². The first-order chi connectivity index (χ1) is 9.30. The van der Waals surface area contributed by atoms with E-state index in [1.807, 2.05) is 0 Å². The topological polar surface area (TPSA) is 98.2 Å². The third-order valence-electron chi connectivity index (χ3n) is 2.60. The smallest absolute Gasteiger partial charge is 0.240 e. The summed E-state index contributed by atoms with van der Waals surface area (Å²) in [5.74, 6) is -0.500. The van der Waals surface area contributed by atoms with Gasteiger partial charge in [-0.25, -0.2) is 17.9 Å². The van der Waals surface area contributed by atoms with E-state index in [1.54, 1.807) is 6.07 Å². The molecule has 0 fully saturated rings. The van der Waals surface area contributed by atoms with Gasteiger partial charge in [0.1, 0.15) is 10.7 Å². The number of nitrogens with one attached hydrogen (secondary N) is 1. The Balaban J connectivity index is 2.51. The highest BCUT2D eigenvalue weighted by molar-refractivity contribution is 9.10. The van der Waals surface area contributed by atoms with Crippen LogP contribution in [-0.4, -0.2) is 8.42 Å². The van der Waals surface area contributed by atoms with Crippen LogP contribution in [0.4, 0.5) is 21.5 Å². The number of nitrogens with two attached hydrogens (primary N) is 2. The predicted molar refractivity (Wildman–Crippen MR) is 79.6 cm³/mol. The molecule has 2 aromatic carbocycles. The van der Waals surface area contributed by atoms with Gasteiger partial charge in [0.2, 0.25) is 10.0 Å². The minimum atomic E-state index is -3.94. The molecule has 0 aromatic heterocycles. The zero-order valence-corrected chi connectivity index (χ0v) is 12.5. The fraction of sp³-hybridized carbons (Fsp3) is 0. The van der Waals surface area contributed by atoms with Gasteiger partial charge in [0.15, 0.2) is 0 Å². The van der Waals surface area contributed by atoms with Crippen LogP contribution >= 0.6 is 15.9 Å². The van der Waals surface area contributed by atoms with Crippen LogP contribution in [0.25, 0.3) is 0 Å². The quantitative estimate of drug-likeness (QED) is 0.733. The summed E-state index contributed by atoms with van der Waals surface area (Å²) in [5, 5.41) is 7.82. The number of hydrogen-bond donors (Lipinski definition) is 3. The Hall–Kier alpha value is -1.64. The van der Waals surface area contributed by atoms with Crippen molar-refractivity contribution in [3.05, 3.63) is 46.7 Å². The summed E-state index contributed by atoms with van der Waals surface area (Å²) in [7, 11) is -3.94. The van der Waals surface area contributed by atoms with Crippen molar-refractivity contribution in [3.63, 3.8) is 0 Å². The molecular weight excluding hydrogens is 349 g/mol. The molecule has 0 atom stereocenters. The monoisotopic (exact) mass is 359 g/mol. The van der Waals surface area contributed by atoms with Crippen LogP contribution in [0.1, 0.15) is 0 Å². The zero-order chi connectivity index (χ0) is 14.9. The van der Waals surface area contributed by atoms with Gasteiger partial charge < -0.3 is 11.1 Å². The summed E-state index contributed by atoms with van der Waals surface area (Å²) in [6, 6.07) is 8.73. The van der Waals surface area contributed by atoms with Gasteiger partial charge in [-0.15, -0.1) is 0 Å². The SMILES string of the molecule is Nc1c(Nc2c(F)cccc2Br)cccc1S(N)(=O)=O. The van der Waals surface area contributed by atoms with E-state index in [1.165, 1.54) is 30.3 Å². The van der Waals surface area contributed by atoms with Crippen molar-refractivity contribution in [1.29, 1.82) is 0 Å². The Labute approximate surface area is 124 Å². The molecule has 0 spiro atoms. The summed E-state index contributed by atoms with van der Waals surface area (Å²) in [5.41, 5.74) is 6.10. The maximum Gasteiger partial charge on any atom is 0.240 e. The largest absolute Gasteiger partial charge is 0.396 e. The first-order valence-corrected chi connectivity index (χ1v) is 7.77. The van der Waals surface area contributed by atoms with E-state index in [9.17, 15) is 12.8 Å². The summed E-state index contributed by atoms with van der Waals surface area (Å²) in [6.45, 7) is 0. The van der Waals surface area contributed by atoms with Crippen molar-refractivity contribution < 1.29 is 12.8 Å². The zero-order valence-electron chi connectivity index (χ0n) is 10.1. The maximum absolute atomic E-state index is 13.7. The lowest BCUT2D eigenvalue weighted by Gasteiger charge is -2.13. The predicted octanol–water partition coefficient (Wildman–Crippen LogP) is 2.56. The molecule has 2 aromatic rings. The summed E-state index contributed by atoms with van der Waals surface area (Å²) >= 11 is 3.20. The van der Waals surface area contributed by atoms with Gasteiger partial charge in [-0.1, -0.05) is 12.1 Å². The number of para-hydroxylation sites is 2. The van der Waals surface area contributed by atoms with E-state index >= 15 is 0 Å². The third kappa shape index (κ3) is 2.92. The molecule has 8 heteroatoms. The molecule has 0 aliphatic rings. The number of benzene rings is 2. The van der Waals surface area contributed by atoms with E-state index in [0.29, 0.717) is 4.47 Å². The van der Waals surface area contributed by atoms with Gasteiger partial charge >= 0.3 is 0 Å². The van der Waals surface area contributed by atoms with Crippen molar-refractivity contribution >= 4 is 43.0 Å². The van der Waals surface area contributed by atoms with Crippen LogP contribution in [0.5, 0.6) is 0 Å². The van der Waals surface area contributed by atoms with Gasteiger partial charge in [-0.2, -0.15) is 0 Å². The normalized spacial score (nSPS) is 11.3. The van der Waals surface area contributed by atoms with E-state index in [0.717, 1.165) is 0 Å². The molecule has 20 heavy (non-hydrogen) atoms. The maximum atomic E-state index is 13.7. The van der Waals surface area contributed by atoms with Crippen molar-refractivity contribution in [3.8, 4) is 0 Å². The average molecular weight is 360 g/mol. The second-order valence-corrected chi connectivity index (χ2v) is 6.37. The first-order valence-electron chi connectivity index (χ1n) is 5.43. The average Bonchev–Trinajstić information content (AvgIpc) is 2.34. The summed E-state index contributed by atoms with van der Waals surface area (Å²) in [6.07, 6.45) is 0. The number of halogens is 2. The fourth-order valence-corrected chi connectivity index (χ4v) is 2.78. The molecule has 5 N–H and O–H groups in total. The highest BCUT2D eigenvalue weighted by Gasteiger charge is 2.16. The highest BCUT2D eigenvalue weighted by Crippen LogP contribution is 2.33. The van der Waals surface area contributed by atoms with Crippen LogP contribution in [0.3, 0.4) is 0 Å². The molecule has 0 radical (unpaired) electrons. The van der Waals surface area contributed by atoms with E-state index in [-0.39, 0.29) is 22.0 Å². The van der Waals surface area contributed by atoms with Crippen molar-refractivity contribution in [2.75, 3.05) is 11.1 Å². The minimum absolute atomic E-state index is 0.0647. The molecular formula is C12H11BrFN3O2S. The molecule has 0 heterocycles. The van der Waals surface area contributed by atoms with Crippen molar-refractivity contribution in [2.45, 2.75) is 4.90 Å². The van der Waals surface area contributed by atoms with Crippen LogP contribution in [0.15, 0.2) is 45.8 Å². The Kier molecular flexibility index (Phi) is 3.98. The lowest BCUT2D eigenvalue weighted by Crippen LogP contribution is -2.15. The molecule has 2 rings (SSSR count). The second-order valence-electron chi connectivity index (χ2n) is 3.98. The number of rotatable bonds is 3. The van der Waals surface area contributed by atoms with E-state index < -0.39 is 15.8 Å².